The maximum atomic E-state index is 11.7. The highest BCUT2D eigenvalue weighted by Gasteiger charge is 2.15. The smallest absolute Gasteiger partial charge is 0.344 e. The molecule has 1 aromatic heterocycles. The molecule has 0 unspecified atom stereocenters. The monoisotopic (exact) mass is 307 g/mol. The summed E-state index contributed by atoms with van der Waals surface area (Å²) >= 11 is 1.25. The highest BCUT2D eigenvalue weighted by molar-refractivity contribution is 7.99. The van der Waals surface area contributed by atoms with Gasteiger partial charge in [-0.3, -0.25) is 9.36 Å². The summed E-state index contributed by atoms with van der Waals surface area (Å²) in [4.78, 5) is 24.1. The van der Waals surface area contributed by atoms with Gasteiger partial charge < -0.3 is 11.1 Å². The van der Waals surface area contributed by atoms with Gasteiger partial charge in [0.15, 0.2) is 5.16 Å². The molecule has 0 spiro atoms. The molecule has 21 heavy (non-hydrogen) atoms. The molecule has 1 aromatic carbocycles. The van der Waals surface area contributed by atoms with Gasteiger partial charge in [-0.05, 0) is 43.8 Å². The Kier molecular flexibility index (Phi) is 4.37. The number of nitrogen functional groups attached to an aromatic ring is 1. The first-order valence-corrected chi connectivity index (χ1v) is 7.22. The zero-order valence-electron chi connectivity index (χ0n) is 12.0. The standard InChI is InChI=1S/C13H17N5O2S/c1-7(2)18-12(20)16-17-13(18)21-10-6-8(11(19)15-3)4-5-9(10)14/h4-7H,14H2,1-3H3,(H,15,19)(H,16,20). The van der Waals surface area contributed by atoms with Crippen molar-refractivity contribution >= 4 is 23.4 Å². The normalized spacial score (nSPS) is 10.9. The molecule has 0 saturated carbocycles. The molecule has 2 rings (SSSR count). The van der Waals surface area contributed by atoms with Crippen molar-refractivity contribution in [1.82, 2.24) is 20.1 Å². The predicted octanol–water partition coefficient (Wildman–Crippen LogP) is 1.25. The van der Waals surface area contributed by atoms with Gasteiger partial charge in [-0.15, -0.1) is 5.10 Å². The summed E-state index contributed by atoms with van der Waals surface area (Å²) in [6.45, 7) is 3.79. The molecule has 0 saturated heterocycles. The maximum absolute atomic E-state index is 11.7. The predicted molar refractivity (Wildman–Crippen MR) is 81.6 cm³/mol. The second-order valence-electron chi connectivity index (χ2n) is 4.71. The lowest BCUT2D eigenvalue weighted by molar-refractivity contribution is 0.0963. The largest absolute Gasteiger partial charge is 0.398 e. The third kappa shape index (κ3) is 3.10. The number of nitrogens with two attached hydrogens (primary N) is 1. The van der Waals surface area contributed by atoms with Crippen LogP contribution in [0.4, 0.5) is 5.69 Å². The fourth-order valence-electron chi connectivity index (χ4n) is 1.82. The molecule has 8 heteroatoms. The van der Waals surface area contributed by atoms with E-state index in [1.165, 1.54) is 16.3 Å². The molecule has 4 N–H and O–H groups in total. The highest BCUT2D eigenvalue weighted by Crippen LogP contribution is 2.31. The van der Waals surface area contributed by atoms with E-state index in [2.05, 4.69) is 15.5 Å². The second kappa shape index (κ2) is 6.04. The minimum absolute atomic E-state index is 0.0258. The van der Waals surface area contributed by atoms with Crippen LogP contribution >= 0.6 is 11.8 Å². The Hall–Kier alpha value is -2.22. The first kappa shape index (κ1) is 15.2. The van der Waals surface area contributed by atoms with E-state index < -0.39 is 0 Å². The molecule has 0 radical (unpaired) electrons. The zero-order chi connectivity index (χ0) is 15.6. The van der Waals surface area contributed by atoms with E-state index in [9.17, 15) is 9.59 Å². The minimum atomic E-state index is -0.270. The number of aromatic nitrogens is 3. The fourth-order valence-corrected chi connectivity index (χ4v) is 2.88. The van der Waals surface area contributed by atoms with Crippen molar-refractivity contribution in [3.63, 3.8) is 0 Å². The minimum Gasteiger partial charge on any atom is -0.398 e. The van der Waals surface area contributed by atoms with E-state index in [0.717, 1.165) is 0 Å². The number of nitrogens with one attached hydrogen (secondary N) is 2. The van der Waals surface area contributed by atoms with Gasteiger partial charge in [0.05, 0.1) is 0 Å². The Morgan fingerprint density at radius 1 is 1.48 bits per heavy atom. The number of anilines is 1. The van der Waals surface area contributed by atoms with E-state index in [1.54, 1.807) is 25.2 Å². The van der Waals surface area contributed by atoms with Crippen molar-refractivity contribution in [1.29, 1.82) is 0 Å². The van der Waals surface area contributed by atoms with Crippen LogP contribution in [0.25, 0.3) is 0 Å². The van der Waals surface area contributed by atoms with Crippen molar-refractivity contribution in [3.05, 3.63) is 34.2 Å². The summed E-state index contributed by atoms with van der Waals surface area (Å²) in [5, 5.41) is 9.49. The number of carbonyl (C=O) groups excluding carboxylic acids is 1. The molecule has 112 valence electrons. The van der Waals surface area contributed by atoms with E-state index in [0.29, 0.717) is 21.3 Å². The van der Waals surface area contributed by atoms with E-state index in [1.807, 2.05) is 13.8 Å². The van der Waals surface area contributed by atoms with Gasteiger partial charge in [0, 0.05) is 29.2 Å². The number of rotatable bonds is 4. The summed E-state index contributed by atoms with van der Waals surface area (Å²) in [6.07, 6.45) is 0. The number of aromatic amines is 1. The summed E-state index contributed by atoms with van der Waals surface area (Å²) in [7, 11) is 1.57. The Balaban J connectivity index is 2.40. The van der Waals surface area contributed by atoms with E-state index in [-0.39, 0.29) is 17.6 Å². The Morgan fingerprint density at radius 2 is 2.19 bits per heavy atom. The van der Waals surface area contributed by atoms with Crippen LogP contribution in [-0.2, 0) is 0 Å². The molecule has 0 aliphatic rings. The number of nitrogens with zero attached hydrogens (tertiary/aromatic N) is 2. The highest BCUT2D eigenvalue weighted by atomic mass is 32.2. The lowest BCUT2D eigenvalue weighted by Crippen LogP contribution is -2.19. The van der Waals surface area contributed by atoms with Gasteiger partial charge in [0.1, 0.15) is 0 Å². The molecule has 0 aliphatic heterocycles. The number of hydrogen-bond acceptors (Lipinski definition) is 5. The summed E-state index contributed by atoms with van der Waals surface area (Å²) in [5.74, 6) is -0.194. The Morgan fingerprint density at radius 3 is 2.81 bits per heavy atom. The van der Waals surface area contributed by atoms with Gasteiger partial charge in [-0.2, -0.15) is 0 Å². The van der Waals surface area contributed by atoms with Gasteiger partial charge >= 0.3 is 5.69 Å². The van der Waals surface area contributed by atoms with Crippen LogP contribution in [-0.4, -0.2) is 27.7 Å². The third-order valence-corrected chi connectivity index (χ3v) is 3.94. The Bertz CT molecular complexity index is 720. The zero-order valence-corrected chi connectivity index (χ0v) is 12.8. The third-order valence-electron chi connectivity index (χ3n) is 2.89. The molecule has 0 fully saturated rings. The first-order valence-electron chi connectivity index (χ1n) is 6.40. The van der Waals surface area contributed by atoms with Crippen LogP contribution in [0.3, 0.4) is 0 Å². The van der Waals surface area contributed by atoms with E-state index >= 15 is 0 Å². The topological polar surface area (TPSA) is 106 Å². The molecule has 0 bridgehead atoms. The molecule has 1 amide bonds. The van der Waals surface area contributed by atoms with Crippen molar-refractivity contribution in [2.75, 3.05) is 12.8 Å². The lowest BCUT2D eigenvalue weighted by Gasteiger charge is -2.10. The molecule has 2 aromatic rings. The molecule has 7 nitrogen and oxygen atoms in total. The molecule has 0 aliphatic carbocycles. The maximum Gasteiger partial charge on any atom is 0.344 e. The molecular weight excluding hydrogens is 290 g/mol. The molecule has 1 heterocycles. The second-order valence-corrected chi connectivity index (χ2v) is 5.72. The Labute approximate surface area is 125 Å². The van der Waals surface area contributed by atoms with Crippen LogP contribution in [0.1, 0.15) is 30.2 Å². The van der Waals surface area contributed by atoms with Crippen molar-refractivity contribution in [2.45, 2.75) is 29.9 Å². The van der Waals surface area contributed by atoms with Crippen molar-refractivity contribution in [2.24, 2.45) is 0 Å². The molecule has 0 atom stereocenters. The van der Waals surface area contributed by atoms with Gasteiger partial charge in [-0.25, -0.2) is 9.89 Å². The average Bonchev–Trinajstić information content (AvgIpc) is 2.81. The van der Waals surface area contributed by atoms with E-state index in [4.69, 9.17) is 5.73 Å². The van der Waals surface area contributed by atoms with Crippen LogP contribution in [0.2, 0.25) is 0 Å². The first-order chi connectivity index (χ1) is 9.93. The van der Waals surface area contributed by atoms with Crippen LogP contribution in [0, 0.1) is 0 Å². The van der Waals surface area contributed by atoms with Crippen LogP contribution in [0.15, 0.2) is 33.0 Å². The summed E-state index contributed by atoms with van der Waals surface area (Å²) in [6, 6.07) is 4.97. The van der Waals surface area contributed by atoms with Crippen molar-refractivity contribution in [3.8, 4) is 0 Å². The lowest BCUT2D eigenvalue weighted by atomic mass is 10.2. The average molecular weight is 307 g/mol. The number of benzene rings is 1. The fraction of sp³-hybridized carbons (Fsp3) is 0.308. The van der Waals surface area contributed by atoms with Gasteiger partial charge in [0.25, 0.3) is 5.91 Å². The van der Waals surface area contributed by atoms with Crippen LogP contribution < -0.4 is 16.7 Å². The van der Waals surface area contributed by atoms with Gasteiger partial charge in [0.2, 0.25) is 0 Å². The number of carbonyl (C=O) groups is 1. The number of hydrogen-bond donors (Lipinski definition) is 3. The number of amides is 1. The molecular formula is C13H17N5O2S. The summed E-state index contributed by atoms with van der Waals surface area (Å²) in [5.41, 5.74) is 6.69. The SMILES string of the molecule is CNC(=O)c1ccc(N)c(Sc2n[nH]c(=O)n2C(C)C)c1. The van der Waals surface area contributed by atoms with Gasteiger partial charge in [-0.1, -0.05) is 0 Å². The summed E-state index contributed by atoms with van der Waals surface area (Å²) < 4.78 is 1.54. The number of H-pyrrole nitrogens is 1. The van der Waals surface area contributed by atoms with Crippen LogP contribution in [0.5, 0.6) is 0 Å². The quantitative estimate of drug-likeness (QED) is 0.737. The van der Waals surface area contributed by atoms with Crippen molar-refractivity contribution < 1.29 is 4.79 Å².